The van der Waals surface area contributed by atoms with Crippen LogP contribution in [-0.4, -0.2) is 26.2 Å². The van der Waals surface area contributed by atoms with Crippen molar-refractivity contribution >= 4 is 28.3 Å². The quantitative estimate of drug-likeness (QED) is 0.755. The number of hydrogen-bond acceptors (Lipinski definition) is 3. The molecule has 3 aromatic rings. The predicted molar refractivity (Wildman–Crippen MR) is 110 cm³/mol. The molecule has 0 bridgehead atoms. The summed E-state index contributed by atoms with van der Waals surface area (Å²) in [6, 6.07) is 11.8. The Hall–Kier alpha value is -2.30. The maximum Gasteiger partial charge on any atom is 0.201 e. The van der Waals surface area contributed by atoms with E-state index in [2.05, 4.69) is 36.9 Å². The Bertz CT molecular complexity index is 1040. The number of quaternary nitrogens is 1. The van der Waals surface area contributed by atoms with Gasteiger partial charge in [-0.1, -0.05) is 23.7 Å². The van der Waals surface area contributed by atoms with Gasteiger partial charge in [0.1, 0.15) is 18.4 Å². The minimum Gasteiger partial charge on any atom is -0.464 e. The summed E-state index contributed by atoms with van der Waals surface area (Å²) in [5.41, 5.74) is 5.27. The summed E-state index contributed by atoms with van der Waals surface area (Å²) in [4.78, 5) is 16.6. The molecule has 2 aromatic carbocycles. The Morgan fingerprint density at radius 1 is 1.11 bits per heavy atom. The highest BCUT2D eigenvalue weighted by Crippen LogP contribution is 2.21. The molecule has 1 saturated heterocycles. The van der Waals surface area contributed by atoms with E-state index in [1.807, 2.05) is 0 Å². The zero-order valence-corrected chi connectivity index (χ0v) is 16.5. The van der Waals surface area contributed by atoms with E-state index >= 15 is 0 Å². The molecule has 0 atom stereocenters. The molecular weight excluding hydrogens is 360 g/mol. The molecule has 27 heavy (non-hydrogen) atoms. The number of piperazine rings is 1. The summed E-state index contributed by atoms with van der Waals surface area (Å²) in [6.45, 7) is 8.97. The molecule has 0 spiro atoms. The molecule has 0 radical (unpaired) electrons. The molecule has 0 amide bonds. The standard InChI is InChI=1S/C22H23ClN2O2/c1-15-3-4-16(2)20(11-15)25-9-7-24(8-10-25)13-17-14-27-21-6-5-18(23)12-19(21)22(17)26/h3-6,11-12,14H,7-10,13H2,1-2H3/p+1. The molecule has 1 aliphatic heterocycles. The van der Waals surface area contributed by atoms with Gasteiger partial charge in [0.25, 0.3) is 0 Å². The maximum atomic E-state index is 12.8. The molecule has 140 valence electrons. The second-order valence-corrected chi connectivity index (χ2v) is 7.87. The summed E-state index contributed by atoms with van der Waals surface area (Å²) in [6.07, 6.45) is 1.61. The van der Waals surface area contributed by atoms with Crippen molar-refractivity contribution in [3.63, 3.8) is 0 Å². The average Bonchev–Trinajstić information content (AvgIpc) is 2.67. The number of halogens is 1. The van der Waals surface area contributed by atoms with Crippen molar-refractivity contribution in [1.29, 1.82) is 0 Å². The third-order valence-electron chi connectivity index (χ3n) is 5.42. The largest absolute Gasteiger partial charge is 0.464 e. The van der Waals surface area contributed by atoms with E-state index in [0.29, 0.717) is 22.5 Å². The van der Waals surface area contributed by atoms with Crippen LogP contribution >= 0.6 is 11.6 Å². The SMILES string of the molecule is Cc1ccc(C)c(N2CC[NH+](Cc3coc4ccc(Cl)cc4c3=O)CC2)c1. The number of benzene rings is 2. The molecule has 5 heteroatoms. The van der Waals surface area contributed by atoms with Crippen LogP contribution in [0.25, 0.3) is 11.0 Å². The molecule has 2 heterocycles. The minimum atomic E-state index is 0.0307. The maximum absolute atomic E-state index is 12.8. The molecular formula is C22H24ClN2O2+. The third kappa shape index (κ3) is 3.73. The number of aryl methyl sites for hydroxylation is 2. The van der Waals surface area contributed by atoms with Crippen LogP contribution in [0.5, 0.6) is 0 Å². The van der Waals surface area contributed by atoms with Gasteiger partial charge in [0.15, 0.2) is 0 Å². The lowest BCUT2D eigenvalue weighted by Crippen LogP contribution is -3.13. The van der Waals surface area contributed by atoms with Gasteiger partial charge in [-0.3, -0.25) is 4.79 Å². The Kier molecular flexibility index (Phi) is 4.94. The summed E-state index contributed by atoms with van der Waals surface area (Å²) in [5, 5.41) is 1.12. The van der Waals surface area contributed by atoms with Crippen molar-refractivity contribution in [2.45, 2.75) is 20.4 Å². The minimum absolute atomic E-state index is 0.0307. The smallest absolute Gasteiger partial charge is 0.201 e. The van der Waals surface area contributed by atoms with Crippen molar-refractivity contribution < 1.29 is 9.32 Å². The fraction of sp³-hybridized carbons (Fsp3) is 0.318. The van der Waals surface area contributed by atoms with E-state index in [0.717, 1.165) is 31.7 Å². The van der Waals surface area contributed by atoms with E-state index in [1.165, 1.54) is 21.7 Å². The highest BCUT2D eigenvalue weighted by atomic mass is 35.5. The van der Waals surface area contributed by atoms with Crippen LogP contribution in [0.4, 0.5) is 5.69 Å². The number of fused-ring (bicyclic) bond motifs is 1. The lowest BCUT2D eigenvalue weighted by atomic mass is 10.1. The van der Waals surface area contributed by atoms with Gasteiger partial charge in [-0.25, -0.2) is 0 Å². The fourth-order valence-corrected chi connectivity index (χ4v) is 4.01. The van der Waals surface area contributed by atoms with Crippen molar-refractivity contribution in [2.24, 2.45) is 0 Å². The zero-order valence-electron chi connectivity index (χ0n) is 15.7. The first kappa shape index (κ1) is 18.1. The summed E-state index contributed by atoms with van der Waals surface area (Å²) in [7, 11) is 0. The van der Waals surface area contributed by atoms with E-state index in [1.54, 1.807) is 24.5 Å². The van der Waals surface area contributed by atoms with Crippen LogP contribution < -0.4 is 15.2 Å². The molecule has 1 N–H and O–H groups in total. The van der Waals surface area contributed by atoms with E-state index in [9.17, 15) is 4.79 Å². The van der Waals surface area contributed by atoms with Crippen molar-refractivity contribution in [1.82, 2.24) is 0 Å². The second-order valence-electron chi connectivity index (χ2n) is 7.43. The van der Waals surface area contributed by atoms with Gasteiger partial charge in [-0.05, 0) is 49.2 Å². The Balaban J connectivity index is 1.48. The summed E-state index contributed by atoms with van der Waals surface area (Å²) < 4.78 is 5.66. The molecule has 0 saturated carbocycles. The zero-order chi connectivity index (χ0) is 19.0. The molecule has 0 unspecified atom stereocenters. The number of rotatable bonds is 3. The monoisotopic (exact) mass is 383 g/mol. The number of anilines is 1. The normalized spacial score (nSPS) is 15.4. The van der Waals surface area contributed by atoms with Gasteiger partial charge in [0.2, 0.25) is 5.43 Å². The first-order chi connectivity index (χ1) is 13.0. The summed E-state index contributed by atoms with van der Waals surface area (Å²) >= 11 is 6.04. The molecule has 1 fully saturated rings. The fourth-order valence-electron chi connectivity index (χ4n) is 3.84. The molecule has 0 aliphatic carbocycles. The second kappa shape index (κ2) is 7.37. The molecule has 4 nitrogen and oxygen atoms in total. The van der Waals surface area contributed by atoms with Crippen LogP contribution in [-0.2, 0) is 6.54 Å². The third-order valence-corrected chi connectivity index (χ3v) is 5.66. The first-order valence-corrected chi connectivity index (χ1v) is 9.75. The molecule has 1 aliphatic rings. The molecule has 4 rings (SSSR count). The van der Waals surface area contributed by atoms with Gasteiger partial charge >= 0.3 is 0 Å². The van der Waals surface area contributed by atoms with Gasteiger partial charge < -0.3 is 14.2 Å². The Morgan fingerprint density at radius 3 is 2.67 bits per heavy atom. The number of hydrogen-bond donors (Lipinski definition) is 1. The van der Waals surface area contributed by atoms with Gasteiger partial charge in [-0.15, -0.1) is 0 Å². The molecule has 1 aromatic heterocycles. The van der Waals surface area contributed by atoms with Gasteiger partial charge in [-0.2, -0.15) is 0 Å². The van der Waals surface area contributed by atoms with Crippen LogP contribution in [0, 0.1) is 13.8 Å². The first-order valence-electron chi connectivity index (χ1n) is 9.37. The van der Waals surface area contributed by atoms with Crippen LogP contribution in [0.3, 0.4) is 0 Å². The van der Waals surface area contributed by atoms with Crippen molar-refractivity contribution in [3.05, 3.63) is 74.6 Å². The Morgan fingerprint density at radius 2 is 1.89 bits per heavy atom. The lowest BCUT2D eigenvalue weighted by Gasteiger charge is -2.34. The average molecular weight is 384 g/mol. The van der Waals surface area contributed by atoms with Gasteiger partial charge in [0.05, 0.1) is 37.1 Å². The number of nitrogens with zero attached hydrogens (tertiary/aromatic N) is 1. The highest BCUT2D eigenvalue weighted by Gasteiger charge is 2.23. The van der Waals surface area contributed by atoms with E-state index in [-0.39, 0.29) is 5.43 Å². The van der Waals surface area contributed by atoms with Crippen molar-refractivity contribution in [2.75, 3.05) is 31.1 Å². The van der Waals surface area contributed by atoms with E-state index in [4.69, 9.17) is 16.0 Å². The topological polar surface area (TPSA) is 37.9 Å². The lowest BCUT2D eigenvalue weighted by molar-refractivity contribution is -0.914. The van der Waals surface area contributed by atoms with Crippen LogP contribution in [0.1, 0.15) is 16.7 Å². The van der Waals surface area contributed by atoms with Crippen LogP contribution in [0.2, 0.25) is 5.02 Å². The predicted octanol–water partition coefficient (Wildman–Crippen LogP) is 2.97. The van der Waals surface area contributed by atoms with Crippen LogP contribution in [0.15, 0.2) is 51.9 Å². The summed E-state index contributed by atoms with van der Waals surface area (Å²) in [5.74, 6) is 0. The van der Waals surface area contributed by atoms with E-state index < -0.39 is 0 Å². The highest BCUT2D eigenvalue weighted by molar-refractivity contribution is 6.31. The van der Waals surface area contributed by atoms with Gasteiger partial charge in [0, 0.05) is 10.7 Å². The van der Waals surface area contributed by atoms with Crippen molar-refractivity contribution in [3.8, 4) is 0 Å². The Labute approximate surface area is 164 Å². The number of nitrogens with one attached hydrogen (secondary N) is 1.